The van der Waals surface area contributed by atoms with Crippen LogP contribution in [0.5, 0.6) is 5.75 Å². The Morgan fingerprint density at radius 3 is 2.52 bits per heavy atom. The first-order valence-electron chi connectivity index (χ1n) is 10.7. The molecule has 2 heterocycles. The Morgan fingerprint density at radius 1 is 1.06 bits per heavy atom. The molecule has 0 unspecified atom stereocenters. The largest absolute Gasteiger partial charge is 0.485 e. The van der Waals surface area contributed by atoms with Gasteiger partial charge in [0.2, 0.25) is 5.91 Å². The lowest BCUT2D eigenvalue weighted by Gasteiger charge is -2.15. The van der Waals surface area contributed by atoms with Gasteiger partial charge in [-0.25, -0.2) is 0 Å². The number of hydrogen-bond donors (Lipinski definition) is 1. The van der Waals surface area contributed by atoms with Crippen LogP contribution < -0.4 is 10.1 Å². The summed E-state index contributed by atoms with van der Waals surface area (Å²) in [6.45, 7) is 6.49. The second-order valence-corrected chi connectivity index (χ2v) is 8.94. The number of para-hydroxylation sites is 2. The van der Waals surface area contributed by atoms with E-state index in [1.165, 1.54) is 11.8 Å². The zero-order chi connectivity index (χ0) is 23.2. The third-order valence-electron chi connectivity index (χ3n) is 5.14. The maximum absolute atomic E-state index is 12.6. The van der Waals surface area contributed by atoms with Gasteiger partial charge in [-0.05, 0) is 56.2 Å². The van der Waals surface area contributed by atoms with Crippen LogP contribution in [0.1, 0.15) is 29.6 Å². The zero-order valence-electron chi connectivity index (χ0n) is 18.8. The molecule has 0 radical (unpaired) electrons. The maximum Gasteiger partial charge on any atom is 0.233 e. The molecule has 8 heteroatoms. The molecule has 2 aromatic heterocycles. The van der Waals surface area contributed by atoms with E-state index in [1.54, 1.807) is 12.3 Å². The SMILES string of the molecule is Cc1cccc(C)c1OCc1nnc(S[C@H](C)C(=O)NCc2ccco2)n1-c1ccccc1. The van der Waals surface area contributed by atoms with Crippen molar-refractivity contribution in [3.8, 4) is 11.4 Å². The van der Waals surface area contributed by atoms with Crippen molar-refractivity contribution in [2.45, 2.75) is 44.3 Å². The normalized spacial score (nSPS) is 11.8. The Balaban J connectivity index is 1.53. The van der Waals surface area contributed by atoms with E-state index >= 15 is 0 Å². The fraction of sp³-hybridized carbons (Fsp3) is 0.240. The lowest BCUT2D eigenvalue weighted by molar-refractivity contribution is -0.120. The number of thioether (sulfide) groups is 1. The second-order valence-electron chi connectivity index (χ2n) is 7.64. The Kier molecular flexibility index (Phi) is 7.14. The highest BCUT2D eigenvalue weighted by atomic mass is 32.2. The van der Waals surface area contributed by atoms with E-state index in [0.29, 0.717) is 23.3 Å². The molecule has 0 saturated carbocycles. The van der Waals surface area contributed by atoms with Crippen LogP contribution in [0.3, 0.4) is 0 Å². The van der Waals surface area contributed by atoms with Gasteiger partial charge in [0, 0.05) is 5.69 Å². The molecule has 1 amide bonds. The standard InChI is InChI=1S/C25H26N4O3S/c1-17-9-7-10-18(2)23(17)32-16-22-27-28-25(29(22)20-11-5-4-6-12-20)33-19(3)24(30)26-15-21-13-8-14-31-21/h4-14,19H,15-16H2,1-3H3,(H,26,30)/t19-/m1/s1. The second kappa shape index (κ2) is 10.4. The summed E-state index contributed by atoms with van der Waals surface area (Å²) in [7, 11) is 0. The fourth-order valence-electron chi connectivity index (χ4n) is 3.41. The van der Waals surface area contributed by atoms with Gasteiger partial charge in [-0.15, -0.1) is 10.2 Å². The van der Waals surface area contributed by atoms with Gasteiger partial charge in [0.1, 0.15) is 18.1 Å². The number of benzene rings is 2. The third kappa shape index (κ3) is 5.46. The van der Waals surface area contributed by atoms with Gasteiger partial charge in [-0.1, -0.05) is 48.2 Å². The Bertz CT molecular complexity index is 1190. The van der Waals surface area contributed by atoms with E-state index in [0.717, 1.165) is 22.6 Å². The molecule has 0 aliphatic heterocycles. The highest BCUT2D eigenvalue weighted by Gasteiger charge is 2.21. The molecule has 0 aliphatic rings. The number of nitrogens with one attached hydrogen (secondary N) is 1. The van der Waals surface area contributed by atoms with Gasteiger partial charge in [0.05, 0.1) is 18.1 Å². The fourth-order valence-corrected chi connectivity index (χ4v) is 4.32. The van der Waals surface area contributed by atoms with Crippen molar-refractivity contribution in [2.75, 3.05) is 0 Å². The maximum atomic E-state index is 12.6. The first-order valence-corrected chi connectivity index (χ1v) is 11.6. The average Bonchev–Trinajstić information content (AvgIpc) is 3.48. The summed E-state index contributed by atoms with van der Waals surface area (Å²) in [5.74, 6) is 2.11. The van der Waals surface area contributed by atoms with Gasteiger partial charge in [-0.3, -0.25) is 9.36 Å². The molecule has 2 aromatic carbocycles. The van der Waals surface area contributed by atoms with Crippen molar-refractivity contribution in [1.82, 2.24) is 20.1 Å². The summed E-state index contributed by atoms with van der Waals surface area (Å²) >= 11 is 1.35. The van der Waals surface area contributed by atoms with Gasteiger partial charge in [0.25, 0.3) is 0 Å². The minimum atomic E-state index is -0.376. The lowest BCUT2D eigenvalue weighted by Crippen LogP contribution is -2.30. The van der Waals surface area contributed by atoms with Crippen LogP contribution in [-0.4, -0.2) is 25.9 Å². The van der Waals surface area contributed by atoms with E-state index in [9.17, 15) is 4.79 Å². The first-order chi connectivity index (χ1) is 16.0. The van der Waals surface area contributed by atoms with E-state index < -0.39 is 0 Å². The molecule has 0 fully saturated rings. The smallest absolute Gasteiger partial charge is 0.233 e. The van der Waals surface area contributed by atoms with E-state index in [-0.39, 0.29) is 17.8 Å². The Labute approximate surface area is 197 Å². The van der Waals surface area contributed by atoms with Crippen molar-refractivity contribution in [2.24, 2.45) is 0 Å². The summed E-state index contributed by atoms with van der Waals surface area (Å²) in [6.07, 6.45) is 1.59. The molecule has 0 aliphatic carbocycles. The van der Waals surface area contributed by atoms with Crippen molar-refractivity contribution in [3.05, 3.63) is 89.6 Å². The molecule has 1 atom stereocenters. The highest BCUT2D eigenvalue weighted by Crippen LogP contribution is 2.28. The van der Waals surface area contributed by atoms with Crippen LogP contribution in [0.15, 0.2) is 76.5 Å². The zero-order valence-corrected chi connectivity index (χ0v) is 19.6. The molecule has 33 heavy (non-hydrogen) atoms. The minimum absolute atomic E-state index is 0.104. The number of hydrogen-bond acceptors (Lipinski definition) is 6. The van der Waals surface area contributed by atoms with Crippen molar-refractivity contribution in [3.63, 3.8) is 0 Å². The number of aromatic nitrogens is 3. The number of ether oxygens (including phenoxy) is 1. The highest BCUT2D eigenvalue weighted by molar-refractivity contribution is 8.00. The average molecular weight is 463 g/mol. The number of carbonyl (C=O) groups is 1. The molecule has 1 N–H and O–H groups in total. The van der Waals surface area contributed by atoms with Crippen molar-refractivity contribution in [1.29, 1.82) is 0 Å². The number of furan rings is 1. The summed E-state index contributed by atoms with van der Waals surface area (Å²) in [5.41, 5.74) is 3.04. The summed E-state index contributed by atoms with van der Waals surface area (Å²) in [5, 5.41) is 11.9. The number of nitrogens with zero attached hydrogens (tertiary/aromatic N) is 3. The van der Waals surface area contributed by atoms with Crippen molar-refractivity contribution < 1.29 is 13.9 Å². The summed E-state index contributed by atoms with van der Waals surface area (Å²) in [6, 6.07) is 19.5. The van der Waals surface area contributed by atoms with Crippen LogP contribution in [-0.2, 0) is 17.9 Å². The molecule has 7 nitrogen and oxygen atoms in total. The number of carbonyl (C=O) groups excluding carboxylic acids is 1. The van der Waals surface area contributed by atoms with E-state index in [2.05, 4.69) is 15.5 Å². The van der Waals surface area contributed by atoms with Crippen LogP contribution in [0.2, 0.25) is 0 Å². The Morgan fingerprint density at radius 2 is 1.82 bits per heavy atom. The first kappa shape index (κ1) is 22.7. The van der Waals surface area contributed by atoms with Gasteiger partial charge >= 0.3 is 0 Å². The lowest BCUT2D eigenvalue weighted by atomic mass is 10.1. The molecule has 0 spiro atoms. The van der Waals surface area contributed by atoms with Crippen molar-refractivity contribution >= 4 is 17.7 Å². The minimum Gasteiger partial charge on any atom is -0.485 e. The number of amides is 1. The third-order valence-corrected chi connectivity index (χ3v) is 6.18. The molecule has 4 aromatic rings. The van der Waals surface area contributed by atoms with E-state index in [4.69, 9.17) is 9.15 Å². The van der Waals surface area contributed by atoms with Gasteiger partial charge in [-0.2, -0.15) is 0 Å². The van der Waals surface area contributed by atoms with Crippen LogP contribution in [0.25, 0.3) is 5.69 Å². The molecule has 170 valence electrons. The Hall–Kier alpha value is -3.52. The summed E-state index contributed by atoms with van der Waals surface area (Å²) in [4.78, 5) is 12.6. The molecular weight excluding hydrogens is 436 g/mol. The van der Waals surface area contributed by atoms with Gasteiger partial charge in [0.15, 0.2) is 11.0 Å². The van der Waals surface area contributed by atoms with Crippen LogP contribution in [0.4, 0.5) is 0 Å². The molecular formula is C25H26N4O3S. The van der Waals surface area contributed by atoms with Crippen LogP contribution in [0, 0.1) is 13.8 Å². The topological polar surface area (TPSA) is 82.2 Å². The van der Waals surface area contributed by atoms with E-state index in [1.807, 2.05) is 79.9 Å². The van der Waals surface area contributed by atoms with Gasteiger partial charge < -0.3 is 14.5 Å². The predicted octanol–water partition coefficient (Wildman–Crippen LogP) is 4.85. The summed E-state index contributed by atoms with van der Waals surface area (Å²) < 4.78 is 13.4. The molecule has 4 rings (SSSR count). The number of rotatable bonds is 9. The monoisotopic (exact) mass is 462 g/mol. The van der Waals surface area contributed by atoms with Crippen LogP contribution >= 0.6 is 11.8 Å². The molecule has 0 saturated heterocycles. The number of aryl methyl sites for hydroxylation is 2. The molecule has 0 bridgehead atoms. The quantitative estimate of drug-likeness (QED) is 0.358. The predicted molar refractivity (Wildman–Crippen MR) is 127 cm³/mol.